The summed E-state index contributed by atoms with van der Waals surface area (Å²) in [5.74, 6) is 0. The third-order valence-electron chi connectivity index (χ3n) is 12.7. The minimum absolute atomic E-state index is 0.0250. The van der Waals surface area contributed by atoms with Gasteiger partial charge in [0.15, 0.2) is 0 Å². The summed E-state index contributed by atoms with van der Waals surface area (Å²) in [6.07, 6.45) is 1.94. The number of aryl methyl sites for hydroxylation is 12. The Kier molecular flexibility index (Phi) is 10.6. The fourth-order valence-corrected chi connectivity index (χ4v) is 10.9. The first-order chi connectivity index (χ1) is 28.2. The summed E-state index contributed by atoms with van der Waals surface area (Å²) in [5.41, 5.74) is 28.3. The minimum atomic E-state index is -0.0250. The van der Waals surface area contributed by atoms with Gasteiger partial charge < -0.3 is 4.57 Å². The summed E-state index contributed by atoms with van der Waals surface area (Å²) in [4.78, 5) is 5.14. The molecular formula is C55H56B2N2. The molecule has 0 spiro atoms. The number of pyridine rings is 1. The van der Waals surface area contributed by atoms with E-state index in [4.69, 9.17) is 4.98 Å². The van der Waals surface area contributed by atoms with Gasteiger partial charge in [-0.15, -0.1) is 0 Å². The lowest BCUT2D eigenvalue weighted by Gasteiger charge is -2.26. The minimum Gasteiger partial charge on any atom is -0.308 e. The summed E-state index contributed by atoms with van der Waals surface area (Å²) >= 11 is 0. The van der Waals surface area contributed by atoms with E-state index in [9.17, 15) is 0 Å². The quantitative estimate of drug-likeness (QED) is 0.141. The van der Waals surface area contributed by atoms with Gasteiger partial charge in [-0.3, -0.25) is 4.98 Å². The molecule has 2 aromatic heterocycles. The average Bonchev–Trinajstić information content (AvgIpc) is 3.50. The Morgan fingerprint density at radius 1 is 0.390 bits per heavy atom. The van der Waals surface area contributed by atoms with Gasteiger partial charge in [-0.1, -0.05) is 179 Å². The number of para-hydroxylation sites is 1. The van der Waals surface area contributed by atoms with Gasteiger partial charge in [-0.25, -0.2) is 0 Å². The van der Waals surface area contributed by atoms with Crippen molar-refractivity contribution in [3.63, 3.8) is 0 Å². The normalized spacial score (nSPS) is 11.4. The van der Waals surface area contributed by atoms with Crippen LogP contribution in [0.5, 0.6) is 0 Å². The standard InChI is InChI=1S/C55H56B2N2/c1-33-25-37(5)50(38(6)26-33)56(51-39(7)27-34(2)28-40(51)8)45-20-22-46(23-21-45)59-49-19-14-13-17-47(49)54(55(59)48-18-15-16-24-58-48)57(52-41(9)29-35(3)30-42(52)10)53-43(11)31-36(4)32-44(53)12/h13-32H,1-12H3. The third kappa shape index (κ3) is 7.18. The molecule has 0 radical (unpaired) electrons. The molecule has 0 atom stereocenters. The zero-order valence-corrected chi connectivity index (χ0v) is 37.1. The first-order valence-electron chi connectivity index (χ1n) is 21.2. The molecule has 2 heterocycles. The summed E-state index contributed by atoms with van der Waals surface area (Å²) in [6, 6.07) is 43.6. The Bertz CT molecular complexity index is 2690. The Morgan fingerprint density at radius 3 is 1.19 bits per heavy atom. The molecule has 2 nitrogen and oxygen atoms in total. The van der Waals surface area contributed by atoms with Crippen molar-refractivity contribution in [3.05, 3.63) is 188 Å². The highest BCUT2D eigenvalue weighted by Gasteiger charge is 2.36. The van der Waals surface area contributed by atoms with E-state index in [0.717, 1.165) is 17.1 Å². The van der Waals surface area contributed by atoms with E-state index in [1.165, 1.54) is 110 Å². The van der Waals surface area contributed by atoms with Crippen molar-refractivity contribution in [1.82, 2.24) is 9.55 Å². The molecule has 0 aliphatic heterocycles. The number of hydrogen-bond acceptors (Lipinski definition) is 1. The molecule has 59 heavy (non-hydrogen) atoms. The van der Waals surface area contributed by atoms with Crippen LogP contribution in [-0.4, -0.2) is 23.0 Å². The maximum Gasteiger partial charge on any atom is 0.246 e. The molecule has 0 N–H and O–H groups in total. The van der Waals surface area contributed by atoms with Crippen molar-refractivity contribution >= 4 is 57.1 Å². The van der Waals surface area contributed by atoms with Crippen LogP contribution in [0.25, 0.3) is 28.0 Å². The highest BCUT2D eigenvalue weighted by atomic mass is 15.0. The summed E-state index contributed by atoms with van der Waals surface area (Å²) in [7, 11) is 0. The Morgan fingerprint density at radius 2 is 0.780 bits per heavy atom. The zero-order valence-electron chi connectivity index (χ0n) is 37.1. The topological polar surface area (TPSA) is 17.8 Å². The summed E-state index contributed by atoms with van der Waals surface area (Å²) < 4.78 is 2.49. The van der Waals surface area contributed by atoms with Crippen molar-refractivity contribution in [2.75, 3.05) is 0 Å². The molecule has 8 aromatic rings. The molecule has 0 saturated heterocycles. The lowest BCUT2D eigenvalue weighted by Crippen LogP contribution is -2.56. The summed E-state index contributed by atoms with van der Waals surface area (Å²) in [6.45, 7) is 27.2. The third-order valence-corrected chi connectivity index (χ3v) is 12.7. The van der Waals surface area contributed by atoms with Crippen molar-refractivity contribution in [3.8, 4) is 17.1 Å². The second-order valence-electron chi connectivity index (χ2n) is 17.5. The predicted octanol–water partition coefficient (Wildman–Crippen LogP) is 9.43. The zero-order chi connectivity index (χ0) is 41.9. The van der Waals surface area contributed by atoms with Gasteiger partial charge in [-0.05, 0) is 124 Å². The van der Waals surface area contributed by atoms with Crippen LogP contribution in [0.3, 0.4) is 0 Å². The Labute approximate surface area is 353 Å². The Hall–Kier alpha value is -5.86. The first kappa shape index (κ1) is 39.9. The maximum absolute atomic E-state index is 5.14. The van der Waals surface area contributed by atoms with E-state index in [1.54, 1.807) is 0 Å². The number of fused-ring (bicyclic) bond motifs is 1. The second kappa shape index (κ2) is 15.7. The number of aromatic nitrogens is 2. The average molecular weight is 767 g/mol. The van der Waals surface area contributed by atoms with Crippen molar-refractivity contribution < 1.29 is 0 Å². The molecule has 0 amide bonds. The van der Waals surface area contributed by atoms with Gasteiger partial charge in [0.2, 0.25) is 13.4 Å². The van der Waals surface area contributed by atoms with Crippen LogP contribution in [0, 0.1) is 83.1 Å². The molecule has 8 rings (SSSR count). The van der Waals surface area contributed by atoms with E-state index < -0.39 is 0 Å². The summed E-state index contributed by atoms with van der Waals surface area (Å²) in [5, 5.41) is 1.25. The number of hydrogen-bond donors (Lipinski definition) is 0. The fourth-order valence-electron chi connectivity index (χ4n) is 10.9. The van der Waals surface area contributed by atoms with Gasteiger partial charge in [0.25, 0.3) is 0 Å². The molecule has 0 fully saturated rings. The van der Waals surface area contributed by atoms with Crippen LogP contribution in [0.15, 0.2) is 121 Å². The molecule has 0 unspecified atom stereocenters. The molecule has 0 bridgehead atoms. The highest BCUT2D eigenvalue weighted by Crippen LogP contribution is 2.31. The smallest absolute Gasteiger partial charge is 0.246 e. The van der Waals surface area contributed by atoms with Gasteiger partial charge in [0, 0.05) is 11.9 Å². The highest BCUT2D eigenvalue weighted by molar-refractivity contribution is 6.99. The molecule has 0 aliphatic rings. The van der Waals surface area contributed by atoms with Gasteiger partial charge in [-0.2, -0.15) is 0 Å². The van der Waals surface area contributed by atoms with Crippen LogP contribution in [0.4, 0.5) is 0 Å². The molecule has 6 aromatic carbocycles. The SMILES string of the molecule is Cc1cc(C)c(B(c2ccc(-n3c(-c4ccccn4)c(B(c4c(C)cc(C)cc4C)c4c(C)cc(C)cc4C)c4ccccc43)cc2)c2c(C)cc(C)cc2C)c(C)c1. The first-order valence-corrected chi connectivity index (χ1v) is 21.2. The van der Waals surface area contributed by atoms with Gasteiger partial charge in [0.1, 0.15) is 0 Å². The van der Waals surface area contributed by atoms with Crippen molar-refractivity contribution in [2.45, 2.75) is 83.1 Å². The Balaban J connectivity index is 1.44. The number of benzene rings is 6. The van der Waals surface area contributed by atoms with Crippen LogP contribution in [0.2, 0.25) is 0 Å². The molecular weight excluding hydrogens is 710 g/mol. The van der Waals surface area contributed by atoms with Gasteiger partial charge in [0.05, 0.1) is 16.9 Å². The van der Waals surface area contributed by atoms with Crippen LogP contribution >= 0.6 is 0 Å². The van der Waals surface area contributed by atoms with Crippen LogP contribution < -0.4 is 32.8 Å². The van der Waals surface area contributed by atoms with Gasteiger partial charge >= 0.3 is 0 Å². The van der Waals surface area contributed by atoms with Crippen LogP contribution in [0.1, 0.15) is 66.8 Å². The van der Waals surface area contributed by atoms with E-state index in [1.807, 2.05) is 12.3 Å². The van der Waals surface area contributed by atoms with Crippen molar-refractivity contribution in [2.24, 2.45) is 0 Å². The van der Waals surface area contributed by atoms with E-state index in [2.05, 4.69) is 197 Å². The number of rotatable bonds is 8. The fraction of sp³-hybridized carbons (Fsp3) is 0.218. The van der Waals surface area contributed by atoms with E-state index in [-0.39, 0.29) is 13.4 Å². The lowest BCUT2D eigenvalue weighted by atomic mass is 9.33. The molecule has 0 aliphatic carbocycles. The van der Waals surface area contributed by atoms with Crippen molar-refractivity contribution in [1.29, 1.82) is 0 Å². The van der Waals surface area contributed by atoms with Crippen LogP contribution in [-0.2, 0) is 0 Å². The molecule has 292 valence electrons. The second-order valence-corrected chi connectivity index (χ2v) is 17.5. The number of nitrogens with zero attached hydrogens (tertiary/aromatic N) is 2. The predicted molar refractivity (Wildman–Crippen MR) is 258 cm³/mol. The molecule has 4 heteroatoms. The van der Waals surface area contributed by atoms with E-state index >= 15 is 0 Å². The maximum atomic E-state index is 5.14. The lowest BCUT2D eigenvalue weighted by molar-refractivity contribution is 1.12. The van der Waals surface area contributed by atoms with E-state index in [0.29, 0.717) is 0 Å². The monoisotopic (exact) mass is 766 g/mol. The largest absolute Gasteiger partial charge is 0.308 e. The molecule has 0 saturated carbocycles.